The van der Waals surface area contributed by atoms with Crippen molar-refractivity contribution < 1.29 is 4.79 Å². The fraction of sp³-hybridized carbons (Fsp3) is 0.118. The topological polar surface area (TPSA) is 51.0 Å². The fourth-order valence-corrected chi connectivity index (χ4v) is 2.52. The Balaban J connectivity index is 1.70. The molecule has 0 saturated heterocycles. The Kier molecular flexibility index (Phi) is 4.52. The molecule has 116 valence electrons. The van der Waals surface area contributed by atoms with Crippen LogP contribution in [0, 0.1) is 0 Å². The molecular formula is C17H15BrN4O. The van der Waals surface area contributed by atoms with Crippen LogP contribution in [0.15, 0.2) is 65.7 Å². The molecule has 0 bridgehead atoms. The van der Waals surface area contributed by atoms with E-state index in [1.807, 2.05) is 36.4 Å². The zero-order chi connectivity index (χ0) is 16.2. The van der Waals surface area contributed by atoms with Crippen LogP contribution in [0.1, 0.15) is 15.9 Å². The third-order valence-electron chi connectivity index (χ3n) is 3.48. The second-order valence-corrected chi connectivity index (χ2v) is 6.09. The van der Waals surface area contributed by atoms with Crippen LogP contribution in [-0.2, 0) is 6.54 Å². The van der Waals surface area contributed by atoms with E-state index >= 15 is 0 Å². The lowest BCUT2D eigenvalue weighted by atomic mass is 10.1. The monoisotopic (exact) mass is 370 g/mol. The van der Waals surface area contributed by atoms with Crippen molar-refractivity contribution in [2.45, 2.75) is 6.54 Å². The Morgan fingerprint density at radius 1 is 1.13 bits per heavy atom. The molecular weight excluding hydrogens is 356 g/mol. The van der Waals surface area contributed by atoms with Gasteiger partial charge in [0.2, 0.25) is 0 Å². The van der Waals surface area contributed by atoms with Crippen LogP contribution >= 0.6 is 15.9 Å². The van der Waals surface area contributed by atoms with Crippen LogP contribution in [0.2, 0.25) is 0 Å². The number of halogens is 1. The van der Waals surface area contributed by atoms with Gasteiger partial charge < -0.3 is 4.90 Å². The van der Waals surface area contributed by atoms with Crippen molar-refractivity contribution in [3.8, 4) is 5.69 Å². The highest BCUT2D eigenvalue weighted by atomic mass is 79.9. The van der Waals surface area contributed by atoms with Crippen LogP contribution in [0.5, 0.6) is 0 Å². The lowest BCUT2D eigenvalue weighted by Crippen LogP contribution is -2.26. The fourth-order valence-electron chi connectivity index (χ4n) is 2.25. The first-order valence-electron chi connectivity index (χ1n) is 7.08. The van der Waals surface area contributed by atoms with Crippen LogP contribution < -0.4 is 0 Å². The molecule has 0 radical (unpaired) electrons. The van der Waals surface area contributed by atoms with Gasteiger partial charge in [0.25, 0.3) is 5.91 Å². The summed E-state index contributed by atoms with van der Waals surface area (Å²) < 4.78 is 2.68. The quantitative estimate of drug-likeness (QED) is 0.707. The molecule has 1 heterocycles. The summed E-state index contributed by atoms with van der Waals surface area (Å²) in [4.78, 5) is 18.1. The van der Waals surface area contributed by atoms with Crippen molar-refractivity contribution in [2.75, 3.05) is 7.05 Å². The normalized spacial score (nSPS) is 10.5. The zero-order valence-electron chi connectivity index (χ0n) is 12.6. The molecule has 3 rings (SSSR count). The van der Waals surface area contributed by atoms with Crippen molar-refractivity contribution in [1.82, 2.24) is 19.7 Å². The predicted molar refractivity (Wildman–Crippen MR) is 91.3 cm³/mol. The summed E-state index contributed by atoms with van der Waals surface area (Å²) in [6.45, 7) is 0.566. The molecule has 0 aliphatic carbocycles. The van der Waals surface area contributed by atoms with Crippen molar-refractivity contribution in [2.24, 2.45) is 0 Å². The highest BCUT2D eigenvalue weighted by molar-refractivity contribution is 9.10. The number of benzene rings is 2. The summed E-state index contributed by atoms with van der Waals surface area (Å²) in [5.74, 6) is -0.0157. The van der Waals surface area contributed by atoms with Crippen LogP contribution in [0.3, 0.4) is 0 Å². The molecule has 5 nitrogen and oxygen atoms in total. The van der Waals surface area contributed by atoms with E-state index < -0.39 is 0 Å². The Labute approximate surface area is 142 Å². The molecule has 23 heavy (non-hydrogen) atoms. The largest absolute Gasteiger partial charge is 0.337 e. The van der Waals surface area contributed by atoms with Gasteiger partial charge in [-0.25, -0.2) is 9.67 Å². The minimum Gasteiger partial charge on any atom is -0.337 e. The summed E-state index contributed by atoms with van der Waals surface area (Å²) in [5, 5.41) is 4.07. The summed E-state index contributed by atoms with van der Waals surface area (Å²) >= 11 is 3.41. The smallest absolute Gasteiger partial charge is 0.253 e. The number of amides is 1. The van der Waals surface area contributed by atoms with E-state index in [-0.39, 0.29) is 5.91 Å². The SMILES string of the molecule is CN(Cc1ccc(Br)cc1)C(=O)c1ccc(-n2cncn2)cc1. The van der Waals surface area contributed by atoms with E-state index in [9.17, 15) is 4.79 Å². The lowest BCUT2D eigenvalue weighted by Gasteiger charge is -2.17. The minimum atomic E-state index is -0.0157. The van der Waals surface area contributed by atoms with E-state index in [1.165, 1.54) is 6.33 Å². The molecule has 0 fully saturated rings. The molecule has 1 amide bonds. The predicted octanol–water partition coefficient (Wildman–Crippen LogP) is 3.30. The maximum absolute atomic E-state index is 12.5. The number of carbonyl (C=O) groups is 1. The maximum atomic E-state index is 12.5. The number of aromatic nitrogens is 3. The average Bonchev–Trinajstić information content (AvgIpc) is 3.11. The van der Waals surface area contributed by atoms with Crippen LogP contribution in [-0.4, -0.2) is 32.6 Å². The van der Waals surface area contributed by atoms with Crippen molar-refractivity contribution in [3.05, 3.63) is 76.8 Å². The van der Waals surface area contributed by atoms with Crippen molar-refractivity contribution in [3.63, 3.8) is 0 Å². The molecule has 6 heteroatoms. The zero-order valence-corrected chi connectivity index (χ0v) is 14.1. The van der Waals surface area contributed by atoms with Crippen LogP contribution in [0.25, 0.3) is 5.69 Å². The van der Waals surface area contributed by atoms with Gasteiger partial charge in [0.05, 0.1) is 5.69 Å². The Hall–Kier alpha value is -2.47. The van der Waals surface area contributed by atoms with Gasteiger partial charge in [-0.3, -0.25) is 4.79 Å². The highest BCUT2D eigenvalue weighted by Gasteiger charge is 2.12. The molecule has 0 aliphatic heterocycles. The van der Waals surface area contributed by atoms with Gasteiger partial charge in [0, 0.05) is 23.6 Å². The minimum absolute atomic E-state index is 0.0157. The van der Waals surface area contributed by atoms with E-state index in [2.05, 4.69) is 26.0 Å². The lowest BCUT2D eigenvalue weighted by molar-refractivity contribution is 0.0785. The highest BCUT2D eigenvalue weighted by Crippen LogP contribution is 2.14. The molecule has 0 atom stereocenters. The average molecular weight is 371 g/mol. The summed E-state index contributed by atoms with van der Waals surface area (Å²) in [6.07, 6.45) is 3.10. The molecule has 0 N–H and O–H groups in total. The van der Waals surface area contributed by atoms with Gasteiger partial charge in [-0.05, 0) is 42.0 Å². The van der Waals surface area contributed by atoms with Crippen molar-refractivity contribution >= 4 is 21.8 Å². The van der Waals surface area contributed by atoms with Gasteiger partial charge in [0.15, 0.2) is 0 Å². The third-order valence-corrected chi connectivity index (χ3v) is 4.01. The van der Waals surface area contributed by atoms with Crippen molar-refractivity contribution in [1.29, 1.82) is 0 Å². The third kappa shape index (κ3) is 3.65. The molecule has 0 saturated carbocycles. The molecule has 3 aromatic rings. The molecule has 0 spiro atoms. The number of nitrogens with zero attached hydrogens (tertiary/aromatic N) is 4. The van der Waals surface area contributed by atoms with E-state index in [0.717, 1.165) is 15.7 Å². The van der Waals surface area contributed by atoms with E-state index in [4.69, 9.17) is 0 Å². The van der Waals surface area contributed by atoms with E-state index in [0.29, 0.717) is 12.1 Å². The second kappa shape index (κ2) is 6.75. The molecule has 0 aliphatic rings. The summed E-state index contributed by atoms with van der Waals surface area (Å²) in [7, 11) is 1.80. The summed E-state index contributed by atoms with van der Waals surface area (Å²) in [5.41, 5.74) is 2.60. The first kappa shape index (κ1) is 15.4. The Morgan fingerprint density at radius 3 is 2.43 bits per heavy atom. The maximum Gasteiger partial charge on any atom is 0.253 e. The molecule has 0 unspecified atom stereocenters. The van der Waals surface area contributed by atoms with Gasteiger partial charge in [0.1, 0.15) is 12.7 Å². The number of hydrogen-bond donors (Lipinski definition) is 0. The Morgan fingerprint density at radius 2 is 1.83 bits per heavy atom. The molecule has 2 aromatic carbocycles. The van der Waals surface area contributed by atoms with Gasteiger partial charge in [-0.1, -0.05) is 28.1 Å². The molecule has 1 aromatic heterocycles. The van der Waals surface area contributed by atoms with Gasteiger partial charge >= 0.3 is 0 Å². The van der Waals surface area contributed by atoms with Gasteiger partial charge in [-0.15, -0.1) is 0 Å². The number of hydrogen-bond acceptors (Lipinski definition) is 3. The number of carbonyl (C=O) groups excluding carboxylic acids is 1. The Bertz CT molecular complexity index is 782. The first-order valence-corrected chi connectivity index (χ1v) is 7.88. The first-order chi connectivity index (χ1) is 11.1. The van der Waals surface area contributed by atoms with Crippen LogP contribution in [0.4, 0.5) is 0 Å². The summed E-state index contributed by atoms with van der Waals surface area (Å²) in [6, 6.07) is 15.3. The second-order valence-electron chi connectivity index (χ2n) is 5.17. The van der Waals surface area contributed by atoms with E-state index in [1.54, 1.807) is 35.1 Å². The standard InChI is InChI=1S/C17H15BrN4O/c1-21(10-13-2-6-15(18)7-3-13)17(23)14-4-8-16(9-5-14)22-12-19-11-20-22/h2-9,11-12H,10H2,1H3. The van der Waals surface area contributed by atoms with Gasteiger partial charge in [-0.2, -0.15) is 5.10 Å². The number of rotatable bonds is 4.